The van der Waals surface area contributed by atoms with Gasteiger partial charge >= 0.3 is 0 Å². The van der Waals surface area contributed by atoms with Crippen LogP contribution >= 0.6 is 23.4 Å². The largest absolute Gasteiger partial charge is 0.497 e. The van der Waals surface area contributed by atoms with Crippen molar-refractivity contribution < 1.29 is 19.1 Å². The maximum atomic E-state index is 12.8. The summed E-state index contributed by atoms with van der Waals surface area (Å²) in [5.74, 6) is 1.75. The van der Waals surface area contributed by atoms with E-state index in [9.17, 15) is 9.59 Å². The van der Waals surface area contributed by atoms with E-state index in [1.807, 2.05) is 0 Å². The van der Waals surface area contributed by atoms with Crippen molar-refractivity contribution in [3.63, 3.8) is 0 Å². The van der Waals surface area contributed by atoms with Gasteiger partial charge in [-0.1, -0.05) is 17.7 Å². The van der Waals surface area contributed by atoms with Crippen LogP contribution in [0.15, 0.2) is 48.5 Å². The van der Waals surface area contributed by atoms with E-state index >= 15 is 0 Å². The monoisotopic (exact) mass is 420 g/mol. The van der Waals surface area contributed by atoms with E-state index in [0.29, 0.717) is 33.8 Å². The molecule has 1 heterocycles. The van der Waals surface area contributed by atoms with Crippen molar-refractivity contribution in [2.45, 2.75) is 19.1 Å². The minimum Gasteiger partial charge on any atom is -0.497 e. The molecule has 1 aliphatic rings. The lowest BCUT2D eigenvalue weighted by atomic mass is 10.2. The molecule has 2 unspecified atom stereocenters. The van der Waals surface area contributed by atoms with Crippen LogP contribution in [0.25, 0.3) is 0 Å². The zero-order chi connectivity index (χ0) is 20.1. The zero-order valence-corrected chi connectivity index (χ0v) is 17.1. The fourth-order valence-corrected chi connectivity index (χ4v) is 4.15. The summed E-state index contributed by atoms with van der Waals surface area (Å²) < 4.78 is 10.8. The first-order chi connectivity index (χ1) is 13.5. The van der Waals surface area contributed by atoms with Crippen LogP contribution in [0.2, 0.25) is 5.02 Å². The van der Waals surface area contributed by atoms with E-state index in [2.05, 4.69) is 5.32 Å². The Hall–Kier alpha value is -2.38. The highest BCUT2D eigenvalue weighted by Crippen LogP contribution is 2.25. The van der Waals surface area contributed by atoms with Crippen molar-refractivity contribution in [1.82, 2.24) is 4.90 Å². The fraction of sp³-hybridized carbons (Fsp3) is 0.300. The second-order valence-corrected chi connectivity index (χ2v) is 7.70. The highest BCUT2D eigenvalue weighted by Gasteiger charge is 2.37. The van der Waals surface area contributed by atoms with Gasteiger partial charge in [0.1, 0.15) is 17.5 Å². The van der Waals surface area contributed by atoms with Gasteiger partial charge in [-0.15, -0.1) is 11.8 Å². The van der Waals surface area contributed by atoms with Gasteiger partial charge in [-0.3, -0.25) is 9.59 Å². The van der Waals surface area contributed by atoms with Crippen LogP contribution < -0.4 is 14.8 Å². The maximum Gasteiger partial charge on any atom is 0.264 e. The average Bonchev–Trinajstić information content (AvgIpc) is 3.18. The molecule has 0 radical (unpaired) electrons. The Morgan fingerprint density at radius 1 is 1.21 bits per heavy atom. The molecule has 28 heavy (non-hydrogen) atoms. The molecule has 1 aliphatic heterocycles. The predicted octanol–water partition coefficient (Wildman–Crippen LogP) is 3.66. The number of thioether (sulfide) groups is 1. The summed E-state index contributed by atoms with van der Waals surface area (Å²) >= 11 is 7.49. The zero-order valence-electron chi connectivity index (χ0n) is 15.6. The number of nitrogens with one attached hydrogen (secondary N) is 1. The number of nitrogens with zero attached hydrogens (tertiary/aromatic N) is 1. The van der Waals surface area contributed by atoms with Crippen LogP contribution in [-0.2, 0) is 9.59 Å². The molecular formula is C20H21ClN2O4S. The predicted molar refractivity (Wildman–Crippen MR) is 111 cm³/mol. The summed E-state index contributed by atoms with van der Waals surface area (Å²) in [7, 11) is 1.58. The first-order valence-corrected chi connectivity index (χ1v) is 10.3. The molecule has 0 aliphatic carbocycles. The van der Waals surface area contributed by atoms with Crippen LogP contribution in [0.3, 0.4) is 0 Å². The number of hydrogen-bond donors (Lipinski definition) is 1. The lowest BCUT2D eigenvalue weighted by Gasteiger charge is -2.26. The summed E-state index contributed by atoms with van der Waals surface area (Å²) in [6.45, 7) is 1.67. The van der Waals surface area contributed by atoms with Crippen LogP contribution in [0.5, 0.6) is 11.5 Å². The van der Waals surface area contributed by atoms with Gasteiger partial charge in [0.2, 0.25) is 5.91 Å². The molecule has 6 nitrogen and oxygen atoms in total. The third-order valence-corrected chi connectivity index (χ3v) is 5.53. The van der Waals surface area contributed by atoms with Crippen LogP contribution in [0, 0.1) is 0 Å². The lowest BCUT2D eigenvalue weighted by molar-refractivity contribution is -0.141. The molecule has 0 spiro atoms. The number of halogens is 1. The molecule has 8 heteroatoms. The van der Waals surface area contributed by atoms with Gasteiger partial charge in [0, 0.05) is 16.5 Å². The van der Waals surface area contributed by atoms with Crippen LogP contribution in [-0.4, -0.2) is 47.6 Å². The first kappa shape index (κ1) is 20.4. The first-order valence-electron chi connectivity index (χ1n) is 8.73. The Bertz CT molecular complexity index is 846. The van der Waals surface area contributed by atoms with E-state index in [-0.39, 0.29) is 11.8 Å². The molecule has 3 rings (SSSR count). The quantitative estimate of drug-likeness (QED) is 0.772. The van der Waals surface area contributed by atoms with E-state index in [1.165, 1.54) is 11.8 Å². The Morgan fingerprint density at radius 3 is 2.64 bits per heavy atom. The minimum absolute atomic E-state index is 0.224. The lowest BCUT2D eigenvalue weighted by Crippen LogP contribution is -2.48. The molecular weight excluding hydrogens is 400 g/mol. The molecule has 2 aromatic carbocycles. The van der Waals surface area contributed by atoms with Gasteiger partial charge in [0.05, 0.1) is 13.0 Å². The number of carbonyl (C=O) groups is 2. The number of ether oxygens (including phenoxy) is 2. The summed E-state index contributed by atoms with van der Waals surface area (Å²) in [5.41, 5.74) is 0.651. The van der Waals surface area contributed by atoms with Crippen molar-refractivity contribution >= 4 is 40.9 Å². The van der Waals surface area contributed by atoms with Gasteiger partial charge < -0.3 is 19.7 Å². The molecule has 1 saturated heterocycles. The molecule has 2 amide bonds. The van der Waals surface area contributed by atoms with Gasteiger partial charge in [0.15, 0.2) is 6.10 Å². The SMILES string of the molecule is COc1ccc(NC(=O)C2CSCN2C(=O)C(C)Oc2cccc(Cl)c2)cc1. The normalized spacial score (nSPS) is 17.1. The summed E-state index contributed by atoms with van der Waals surface area (Å²) in [4.78, 5) is 27.1. The molecule has 0 saturated carbocycles. The van der Waals surface area contributed by atoms with Crippen molar-refractivity contribution in [1.29, 1.82) is 0 Å². The van der Waals surface area contributed by atoms with E-state index in [0.717, 1.165) is 0 Å². The Labute approximate surface area is 173 Å². The number of hydrogen-bond acceptors (Lipinski definition) is 5. The number of benzene rings is 2. The maximum absolute atomic E-state index is 12.8. The van der Waals surface area contributed by atoms with E-state index in [1.54, 1.807) is 67.5 Å². The highest BCUT2D eigenvalue weighted by atomic mass is 35.5. The molecule has 1 N–H and O–H groups in total. The van der Waals surface area contributed by atoms with E-state index in [4.69, 9.17) is 21.1 Å². The Kier molecular flexibility index (Phi) is 6.70. The number of anilines is 1. The Morgan fingerprint density at radius 2 is 1.96 bits per heavy atom. The van der Waals surface area contributed by atoms with Gasteiger partial charge in [-0.25, -0.2) is 0 Å². The third-order valence-electron chi connectivity index (χ3n) is 4.28. The smallest absolute Gasteiger partial charge is 0.264 e. The summed E-state index contributed by atoms with van der Waals surface area (Å²) in [5, 5.41) is 3.39. The van der Waals surface area contributed by atoms with Crippen molar-refractivity contribution in [2.75, 3.05) is 24.1 Å². The van der Waals surface area contributed by atoms with Crippen molar-refractivity contribution in [3.8, 4) is 11.5 Å². The molecule has 2 aromatic rings. The number of rotatable bonds is 6. The number of amides is 2. The van der Waals surface area contributed by atoms with Gasteiger partial charge in [0.25, 0.3) is 5.91 Å². The number of methoxy groups -OCH3 is 1. The summed E-state index contributed by atoms with van der Waals surface area (Å²) in [6.07, 6.45) is -0.728. The van der Waals surface area contributed by atoms with Gasteiger partial charge in [-0.2, -0.15) is 0 Å². The topological polar surface area (TPSA) is 67.9 Å². The van der Waals surface area contributed by atoms with Crippen LogP contribution in [0.1, 0.15) is 6.92 Å². The van der Waals surface area contributed by atoms with E-state index < -0.39 is 12.1 Å². The standard InChI is InChI=1S/C20H21ClN2O4S/c1-13(27-17-5-3-4-14(21)10-17)20(25)23-12-28-11-18(23)19(24)22-15-6-8-16(26-2)9-7-15/h3-10,13,18H,11-12H2,1-2H3,(H,22,24). The molecule has 0 aromatic heterocycles. The van der Waals surface area contributed by atoms with Gasteiger partial charge in [-0.05, 0) is 49.4 Å². The molecule has 2 atom stereocenters. The second-order valence-electron chi connectivity index (χ2n) is 6.26. The Balaban J connectivity index is 1.63. The van der Waals surface area contributed by atoms with Crippen molar-refractivity contribution in [3.05, 3.63) is 53.6 Å². The van der Waals surface area contributed by atoms with Crippen molar-refractivity contribution in [2.24, 2.45) is 0 Å². The highest BCUT2D eigenvalue weighted by molar-refractivity contribution is 7.99. The summed E-state index contributed by atoms with van der Waals surface area (Å²) in [6, 6.07) is 13.4. The van der Waals surface area contributed by atoms with Crippen LogP contribution in [0.4, 0.5) is 5.69 Å². The second kappa shape index (κ2) is 9.21. The number of carbonyl (C=O) groups excluding carboxylic acids is 2. The fourth-order valence-electron chi connectivity index (χ4n) is 2.81. The molecule has 1 fully saturated rings. The molecule has 0 bridgehead atoms. The third kappa shape index (κ3) is 4.91. The average molecular weight is 421 g/mol. The minimum atomic E-state index is -0.728. The molecule has 148 valence electrons.